The lowest BCUT2D eigenvalue weighted by Crippen LogP contribution is -2.70. The molecule has 2 amide bonds. The summed E-state index contributed by atoms with van der Waals surface area (Å²) >= 11 is 0. The Hall–Kier alpha value is -2.27. The molecule has 14 N–H and O–H groups in total. The first-order chi connectivity index (χ1) is 51.4. The maximum atomic E-state index is 13.6. The van der Waals surface area contributed by atoms with Crippen molar-refractivity contribution in [1.29, 1.82) is 0 Å². The number of aliphatic carboxylic acids is 1. The molecule has 23 nitrogen and oxygen atoms in total. The highest BCUT2D eigenvalue weighted by atomic mass is 16.8. The van der Waals surface area contributed by atoms with Crippen LogP contribution in [0.25, 0.3) is 0 Å². The first-order valence-electron chi connectivity index (χ1n) is 43.4. The van der Waals surface area contributed by atoms with Crippen molar-refractivity contribution in [2.75, 3.05) is 26.4 Å². The summed E-state index contributed by atoms with van der Waals surface area (Å²) in [6.07, 6.45) is 38.3. The Bertz CT molecular complexity index is 2110. The SMILES string of the molecule is CCCCCCCCCCCCCCCCCCCCCCCCCCCCCCCCCCCC(=O)NC(COC1OC(CO)C(OC2OC(CO)C(O)C(OC3(C(=O)O)CC(O)C(NC(C)=O)C(C(O)C(O)CO)O3)C2O)C(O)C1O)C(O)CCCCCCCCCCCCCCCCCCCCC. The molecule has 0 bridgehead atoms. The molecule has 3 aliphatic heterocycles. The number of carboxylic acids is 1. The summed E-state index contributed by atoms with van der Waals surface area (Å²) in [5, 5.41) is 137. The van der Waals surface area contributed by atoms with E-state index in [1.54, 1.807) is 0 Å². The number of aliphatic hydroxyl groups is 11. The molecule has 18 atom stereocenters. The average Bonchev–Trinajstić information content (AvgIpc) is 0.755. The molecule has 106 heavy (non-hydrogen) atoms. The van der Waals surface area contributed by atoms with Gasteiger partial charge in [0, 0.05) is 19.8 Å². The lowest BCUT2D eigenvalue weighted by atomic mass is 9.88. The van der Waals surface area contributed by atoms with Crippen LogP contribution in [0, 0.1) is 0 Å². The van der Waals surface area contributed by atoms with E-state index in [1.807, 2.05) is 0 Å². The Morgan fingerprint density at radius 1 is 0.453 bits per heavy atom. The second-order valence-corrected chi connectivity index (χ2v) is 31.8. The first-order valence-corrected chi connectivity index (χ1v) is 43.4. The van der Waals surface area contributed by atoms with E-state index in [0.717, 1.165) is 51.9 Å². The molecule has 0 spiro atoms. The number of amides is 2. The van der Waals surface area contributed by atoms with E-state index in [-0.39, 0.29) is 18.9 Å². The van der Waals surface area contributed by atoms with Crippen LogP contribution in [0.2, 0.25) is 0 Å². The van der Waals surface area contributed by atoms with Crippen LogP contribution in [0.1, 0.15) is 374 Å². The second-order valence-electron chi connectivity index (χ2n) is 31.8. The minimum atomic E-state index is -3.08. The van der Waals surface area contributed by atoms with E-state index >= 15 is 0 Å². The Labute approximate surface area is 639 Å². The standard InChI is InChI=1S/C83H158N2O21/c1-4-6-8-10-12-14-16-18-20-22-24-25-26-27-28-29-30-31-32-33-34-35-36-37-39-41-43-45-47-49-51-53-55-57-70(93)85-64(65(90)56-54-52-50-48-46-44-42-40-38-23-21-19-17-15-13-11-9-7-5-2)62-101-80-75(97)74(96)77(69(61-88)103-80)104-81-76(98)79(73(95)68(60-87)102-81)106-83(82(99)100)58-66(91)71(84-63(3)89)78(105-83)72(94)67(92)59-86/h64-69,71-81,86-88,90-92,94-98H,4-62H2,1-3H3,(H,84,89)(H,85,93)(H,99,100). The second kappa shape index (κ2) is 62.2. The average molecular weight is 1520 g/mol. The highest BCUT2D eigenvalue weighted by Gasteiger charge is 2.60. The summed E-state index contributed by atoms with van der Waals surface area (Å²) in [6, 6.07) is -2.53. The third-order valence-electron chi connectivity index (χ3n) is 22.3. The molecule has 0 aromatic heterocycles. The van der Waals surface area contributed by atoms with Crippen LogP contribution < -0.4 is 10.6 Å². The van der Waals surface area contributed by atoms with E-state index in [1.165, 1.54) is 276 Å². The molecular weight excluding hydrogens is 1360 g/mol. The van der Waals surface area contributed by atoms with Gasteiger partial charge in [-0.25, -0.2) is 4.79 Å². The molecule has 3 fully saturated rings. The fourth-order valence-corrected chi connectivity index (χ4v) is 15.5. The summed E-state index contributed by atoms with van der Waals surface area (Å²) in [6.45, 7) is 2.28. The maximum Gasteiger partial charge on any atom is 0.364 e. The third-order valence-corrected chi connectivity index (χ3v) is 22.3. The van der Waals surface area contributed by atoms with Crippen LogP contribution in [0.4, 0.5) is 0 Å². The Morgan fingerprint density at radius 3 is 1.18 bits per heavy atom. The molecule has 3 heterocycles. The van der Waals surface area contributed by atoms with Gasteiger partial charge in [-0.2, -0.15) is 0 Å². The lowest BCUT2D eigenvalue weighted by Gasteiger charge is -2.50. The first kappa shape index (κ1) is 97.9. The molecule has 18 unspecified atom stereocenters. The van der Waals surface area contributed by atoms with Gasteiger partial charge in [-0.1, -0.05) is 341 Å². The van der Waals surface area contributed by atoms with E-state index in [9.17, 15) is 75.7 Å². The van der Waals surface area contributed by atoms with E-state index in [4.69, 9.17) is 28.4 Å². The number of carboxylic acid groups (broad SMARTS) is 1. The Balaban J connectivity index is 1.44. The van der Waals surface area contributed by atoms with Gasteiger partial charge < -0.3 is 100 Å². The number of hydrogen-bond acceptors (Lipinski definition) is 20. The molecule has 626 valence electrons. The van der Waals surface area contributed by atoms with Gasteiger partial charge in [0.15, 0.2) is 12.6 Å². The molecule has 0 radical (unpaired) electrons. The van der Waals surface area contributed by atoms with Gasteiger partial charge in [0.1, 0.15) is 67.1 Å². The number of aliphatic hydroxyl groups excluding tert-OH is 11. The van der Waals surface area contributed by atoms with Crippen LogP contribution >= 0.6 is 0 Å². The highest BCUT2D eigenvalue weighted by molar-refractivity contribution is 5.77. The quantitative estimate of drug-likeness (QED) is 0.0252. The van der Waals surface area contributed by atoms with Crippen molar-refractivity contribution >= 4 is 17.8 Å². The largest absolute Gasteiger partial charge is 0.477 e. The Morgan fingerprint density at radius 2 is 0.821 bits per heavy atom. The van der Waals surface area contributed by atoms with Gasteiger partial charge >= 0.3 is 5.97 Å². The molecule has 3 rings (SSSR count). The van der Waals surface area contributed by atoms with Crippen molar-refractivity contribution in [3.8, 4) is 0 Å². The summed E-state index contributed by atoms with van der Waals surface area (Å²) in [4.78, 5) is 38.8. The van der Waals surface area contributed by atoms with E-state index < -0.39 is 148 Å². The zero-order valence-electron chi connectivity index (χ0n) is 66.6. The summed E-state index contributed by atoms with van der Waals surface area (Å²) in [7, 11) is 0. The van der Waals surface area contributed by atoms with Crippen molar-refractivity contribution in [3.05, 3.63) is 0 Å². The molecule has 3 aliphatic rings. The summed E-state index contributed by atoms with van der Waals surface area (Å²) < 4.78 is 35.0. The summed E-state index contributed by atoms with van der Waals surface area (Å²) in [5.74, 6) is -6.09. The van der Waals surface area contributed by atoms with Gasteiger partial charge in [0.2, 0.25) is 11.8 Å². The Kier molecular flexibility index (Phi) is 57.5. The van der Waals surface area contributed by atoms with Gasteiger partial charge in [-0.05, 0) is 12.8 Å². The zero-order chi connectivity index (χ0) is 77.4. The van der Waals surface area contributed by atoms with Gasteiger partial charge in [-0.15, -0.1) is 0 Å². The molecular formula is C83H158N2O21. The molecule has 3 saturated heterocycles. The molecule has 0 aliphatic carbocycles. The predicted octanol–water partition coefficient (Wildman–Crippen LogP) is 12.8. The maximum absolute atomic E-state index is 13.6. The predicted molar refractivity (Wildman–Crippen MR) is 412 cm³/mol. The summed E-state index contributed by atoms with van der Waals surface area (Å²) in [5.41, 5.74) is 0. The smallest absolute Gasteiger partial charge is 0.364 e. The molecule has 23 heteroatoms. The number of hydrogen-bond donors (Lipinski definition) is 14. The van der Waals surface area contributed by atoms with Crippen molar-refractivity contribution in [2.24, 2.45) is 0 Å². The third kappa shape index (κ3) is 41.5. The van der Waals surface area contributed by atoms with E-state index in [2.05, 4.69) is 24.5 Å². The van der Waals surface area contributed by atoms with Crippen LogP contribution in [-0.2, 0) is 42.8 Å². The van der Waals surface area contributed by atoms with E-state index in [0.29, 0.717) is 19.3 Å². The van der Waals surface area contributed by atoms with Crippen molar-refractivity contribution in [3.63, 3.8) is 0 Å². The number of carbonyl (C=O) groups excluding carboxylic acids is 2. The molecule has 0 aromatic rings. The number of ether oxygens (including phenoxy) is 6. The van der Waals surface area contributed by atoms with Gasteiger partial charge in [-0.3, -0.25) is 9.59 Å². The zero-order valence-corrected chi connectivity index (χ0v) is 66.6. The fraction of sp³-hybridized carbons (Fsp3) is 0.964. The number of nitrogens with one attached hydrogen (secondary N) is 2. The lowest BCUT2D eigenvalue weighted by molar-refractivity contribution is -0.386. The van der Waals surface area contributed by atoms with Gasteiger partial charge in [0.05, 0.1) is 50.7 Å². The number of rotatable bonds is 70. The van der Waals surface area contributed by atoms with Crippen LogP contribution in [0.3, 0.4) is 0 Å². The monoisotopic (exact) mass is 1520 g/mol. The number of carbonyl (C=O) groups is 3. The van der Waals surface area contributed by atoms with Gasteiger partial charge in [0.25, 0.3) is 5.79 Å². The van der Waals surface area contributed by atoms with Crippen LogP contribution in [0.15, 0.2) is 0 Å². The van der Waals surface area contributed by atoms with Crippen LogP contribution in [0.5, 0.6) is 0 Å². The minimum absolute atomic E-state index is 0.230. The molecule has 0 aromatic carbocycles. The fourth-order valence-electron chi connectivity index (χ4n) is 15.5. The topological polar surface area (TPSA) is 373 Å². The molecule has 0 saturated carbocycles. The van der Waals surface area contributed by atoms with Crippen molar-refractivity contribution in [2.45, 2.75) is 484 Å². The van der Waals surface area contributed by atoms with Crippen molar-refractivity contribution in [1.82, 2.24) is 10.6 Å². The van der Waals surface area contributed by atoms with Crippen molar-refractivity contribution < 1.29 is 104 Å². The normalized spacial score (nSPS) is 26.0. The number of unbranched alkanes of at least 4 members (excludes halogenated alkanes) is 50. The van der Waals surface area contributed by atoms with Crippen LogP contribution in [-0.4, -0.2) is 215 Å². The minimum Gasteiger partial charge on any atom is -0.477 e. The highest BCUT2D eigenvalue weighted by Crippen LogP contribution is 2.39.